The number of carbonyl (C=O) groups excluding carboxylic acids is 1. The number of unbranched alkanes of at least 4 members (excludes halogenated alkanes) is 1. The molecule has 118 valence electrons. The number of carbonyl (C=O) groups is 1. The number of nitrogens with two attached hydrogens (primary N) is 1. The number of nitrogens with zero attached hydrogens (tertiary/aromatic N) is 1. The minimum Gasteiger partial charge on any atom is -0.494 e. The highest BCUT2D eigenvalue weighted by molar-refractivity contribution is 5.98. The van der Waals surface area contributed by atoms with Gasteiger partial charge in [-0.3, -0.25) is 4.79 Å². The summed E-state index contributed by atoms with van der Waals surface area (Å²) in [5.41, 5.74) is 5.93. The van der Waals surface area contributed by atoms with Gasteiger partial charge in [-0.1, -0.05) is 19.4 Å². The maximum atomic E-state index is 12.6. The van der Waals surface area contributed by atoms with Gasteiger partial charge in [0.15, 0.2) is 5.75 Å². The van der Waals surface area contributed by atoms with E-state index in [1.807, 2.05) is 6.92 Å². The quantitative estimate of drug-likeness (QED) is 0.822. The Labute approximate surface area is 121 Å². The van der Waals surface area contributed by atoms with Crippen molar-refractivity contribution in [2.24, 2.45) is 0 Å². The number of hydrogen-bond acceptors (Lipinski definition) is 3. The molecule has 4 nitrogen and oxygen atoms in total. The number of rotatable bonds is 6. The molecule has 0 saturated carbocycles. The van der Waals surface area contributed by atoms with Crippen molar-refractivity contribution in [3.05, 3.63) is 23.8 Å². The predicted octanol–water partition coefficient (Wildman–Crippen LogP) is 3.08. The smallest absolute Gasteiger partial charge is 0.406 e. The molecule has 0 saturated heterocycles. The molecule has 0 radical (unpaired) electrons. The molecule has 2 N–H and O–H groups in total. The van der Waals surface area contributed by atoms with Gasteiger partial charge in [-0.15, -0.1) is 0 Å². The number of nitrogen functional groups attached to an aromatic ring is 1. The number of hydrogen-bond donors (Lipinski definition) is 1. The molecule has 1 amide bonds. The SMILES string of the molecule is CCCCN(CC(F)(F)F)C(=O)c1cccc(N)c1OC. The van der Waals surface area contributed by atoms with Crippen LogP contribution in [0.4, 0.5) is 18.9 Å². The molecule has 0 heterocycles. The molecule has 0 aromatic heterocycles. The standard InChI is InChI=1S/C14H19F3N2O2/c1-3-4-8-19(9-14(15,16)17)13(20)10-6-5-7-11(18)12(10)21-2/h5-7H,3-4,8-9,18H2,1-2H3. The van der Waals surface area contributed by atoms with Crippen molar-refractivity contribution in [2.75, 3.05) is 25.9 Å². The summed E-state index contributed by atoms with van der Waals surface area (Å²) in [5, 5.41) is 0. The Balaban J connectivity index is 3.07. The van der Waals surface area contributed by atoms with Crippen molar-refractivity contribution in [1.82, 2.24) is 4.90 Å². The van der Waals surface area contributed by atoms with E-state index in [-0.39, 0.29) is 23.5 Å². The summed E-state index contributed by atoms with van der Waals surface area (Å²) in [6.07, 6.45) is -3.26. The number of ether oxygens (including phenoxy) is 1. The second-order valence-electron chi connectivity index (χ2n) is 4.62. The first-order valence-electron chi connectivity index (χ1n) is 6.58. The van der Waals surface area contributed by atoms with Crippen LogP contribution in [0.15, 0.2) is 18.2 Å². The molecule has 0 aliphatic heterocycles. The van der Waals surface area contributed by atoms with Crippen molar-refractivity contribution < 1.29 is 22.7 Å². The molecule has 0 aliphatic carbocycles. The molecule has 0 atom stereocenters. The fraction of sp³-hybridized carbons (Fsp3) is 0.500. The lowest BCUT2D eigenvalue weighted by Crippen LogP contribution is -2.39. The lowest BCUT2D eigenvalue weighted by molar-refractivity contribution is -0.140. The number of halogens is 3. The number of amides is 1. The van der Waals surface area contributed by atoms with Crippen LogP contribution in [-0.2, 0) is 0 Å². The molecule has 1 aromatic carbocycles. The third kappa shape index (κ3) is 4.84. The summed E-state index contributed by atoms with van der Waals surface area (Å²) in [6, 6.07) is 4.44. The zero-order chi connectivity index (χ0) is 16.0. The van der Waals surface area contributed by atoms with Crippen molar-refractivity contribution in [3.8, 4) is 5.75 Å². The van der Waals surface area contributed by atoms with E-state index in [4.69, 9.17) is 10.5 Å². The average Bonchev–Trinajstić information content (AvgIpc) is 2.41. The van der Waals surface area contributed by atoms with E-state index in [1.165, 1.54) is 25.3 Å². The Hall–Kier alpha value is -1.92. The summed E-state index contributed by atoms with van der Waals surface area (Å²) >= 11 is 0. The third-order valence-corrected chi connectivity index (χ3v) is 2.92. The van der Waals surface area contributed by atoms with Crippen LogP contribution in [0.2, 0.25) is 0 Å². The van der Waals surface area contributed by atoms with Gasteiger partial charge in [-0.25, -0.2) is 0 Å². The summed E-state index contributed by atoms with van der Waals surface area (Å²) in [4.78, 5) is 13.1. The van der Waals surface area contributed by atoms with Crippen molar-refractivity contribution in [1.29, 1.82) is 0 Å². The van der Waals surface area contributed by atoms with Gasteiger partial charge < -0.3 is 15.4 Å². The number of methoxy groups -OCH3 is 1. The minimum atomic E-state index is -4.45. The fourth-order valence-electron chi connectivity index (χ4n) is 1.94. The maximum Gasteiger partial charge on any atom is 0.406 e. The Kier molecular flexibility index (Phi) is 5.87. The van der Waals surface area contributed by atoms with Crippen LogP contribution in [-0.4, -0.2) is 37.2 Å². The van der Waals surface area contributed by atoms with E-state index < -0.39 is 18.6 Å². The topological polar surface area (TPSA) is 55.6 Å². The molecular formula is C14H19F3N2O2. The highest BCUT2D eigenvalue weighted by Gasteiger charge is 2.34. The van der Waals surface area contributed by atoms with Gasteiger partial charge in [0.25, 0.3) is 5.91 Å². The number of alkyl halides is 3. The van der Waals surface area contributed by atoms with E-state index in [1.54, 1.807) is 0 Å². The third-order valence-electron chi connectivity index (χ3n) is 2.92. The number of para-hydroxylation sites is 1. The molecule has 7 heteroatoms. The van der Waals surface area contributed by atoms with E-state index in [0.717, 1.165) is 4.90 Å². The number of benzene rings is 1. The number of anilines is 1. The van der Waals surface area contributed by atoms with Crippen LogP contribution >= 0.6 is 0 Å². The van der Waals surface area contributed by atoms with E-state index in [2.05, 4.69) is 0 Å². The van der Waals surface area contributed by atoms with Crippen LogP contribution in [0, 0.1) is 0 Å². The lowest BCUT2D eigenvalue weighted by atomic mass is 10.1. The summed E-state index contributed by atoms with van der Waals surface area (Å²) < 4.78 is 42.9. The fourth-order valence-corrected chi connectivity index (χ4v) is 1.94. The molecule has 0 unspecified atom stereocenters. The molecule has 1 rings (SSSR count). The zero-order valence-electron chi connectivity index (χ0n) is 12.0. The van der Waals surface area contributed by atoms with Gasteiger partial charge in [0.2, 0.25) is 0 Å². The molecule has 0 aliphatic rings. The molecule has 0 fully saturated rings. The summed E-state index contributed by atoms with van der Waals surface area (Å²) in [7, 11) is 1.32. The maximum absolute atomic E-state index is 12.6. The van der Waals surface area contributed by atoms with Gasteiger partial charge in [0.05, 0.1) is 18.4 Å². The second-order valence-corrected chi connectivity index (χ2v) is 4.62. The largest absolute Gasteiger partial charge is 0.494 e. The monoisotopic (exact) mass is 304 g/mol. The van der Waals surface area contributed by atoms with Crippen molar-refractivity contribution in [2.45, 2.75) is 25.9 Å². The van der Waals surface area contributed by atoms with Crippen LogP contribution in [0.5, 0.6) is 5.75 Å². The van der Waals surface area contributed by atoms with Crippen LogP contribution in [0.25, 0.3) is 0 Å². The van der Waals surface area contributed by atoms with Gasteiger partial charge in [-0.05, 0) is 18.6 Å². The Bertz CT molecular complexity index is 490. The minimum absolute atomic E-state index is 0.0345. The van der Waals surface area contributed by atoms with Crippen LogP contribution in [0.1, 0.15) is 30.1 Å². The average molecular weight is 304 g/mol. The first-order valence-corrected chi connectivity index (χ1v) is 6.58. The van der Waals surface area contributed by atoms with Gasteiger partial charge in [0, 0.05) is 6.54 Å². The second kappa shape index (κ2) is 7.19. The summed E-state index contributed by atoms with van der Waals surface area (Å²) in [6.45, 7) is 0.591. The highest BCUT2D eigenvalue weighted by Crippen LogP contribution is 2.28. The molecule has 0 bridgehead atoms. The van der Waals surface area contributed by atoms with Crippen molar-refractivity contribution >= 4 is 11.6 Å². The van der Waals surface area contributed by atoms with Gasteiger partial charge in [-0.2, -0.15) is 13.2 Å². The van der Waals surface area contributed by atoms with E-state index >= 15 is 0 Å². The Morgan fingerprint density at radius 3 is 2.57 bits per heavy atom. The van der Waals surface area contributed by atoms with Crippen LogP contribution < -0.4 is 10.5 Å². The lowest BCUT2D eigenvalue weighted by Gasteiger charge is -2.25. The zero-order valence-corrected chi connectivity index (χ0v) is 12.0. The van der Waals surface area contributed by atoms with E-state index in [9.17, 15) is 18.0 Å². The van der Waals surface area contributed by atoms with E-state index in [0.29, 0.717) is 12.8 Å². The predicted molar refractivity (Wildman–Crippen MR) is 74.3 cm³/mol. The van der Waals surface area contributed by atoms with Gasteiger partial charge in [0.1, 0.15) is 6.54 Å². The van der Waals surface area contributed by atoms with Crippen molar-refractivity contribution in [3.63, 3.8) is 0 Å². The normalized spacial score (nSPS) is 11.3. The first-order chi connectivity index (χ1) is 9.80. The molecular weight excluding hydrogens is 285 g/mol. The summed E-state index contributed by atoms with van der Waals surface area (Å²) in [5.74, 6) is -0.629. The Morgan fingerprint density at radius 2 is 2.05 bits per heavy atom. The van der Waals surface area contributed by atoms with Gasteiger partial charge >= 0.3 is 6.18 Å². The highest BCUT2D eigenvalue weighted by atomic mass is 19.4. The first kappa shape index (κ1) is 17.1. The van der Waals surface area contributed by atoms with Crippen LogP contribution in [0.3, 0.4) is 0 Å². The molecule has 0 spiro atoms. The molecule has 1 aromatic rings. The Morgan fingerprint density at radius 1 is 1.38 bits per heavy atom. The molecule has 21 heavy (non-hydrogen) atoms.